The van der Waals surface area contributed by atoms with Crippen molar-refractivity contribution in [1.29, 1.82) is 0 Å². The monoisotopic (exact) mass is 281 g/mol. The molecule has 1 heterocycles. The van der Waals surface area contributed by atoms with Gasteiger partial charge in [0.15, 0.2) is 0 Å². The lowest BCUT2D eigenvalue weighted by Crippen LogP contribution is -2.39. The second-order valence-electron chi connectivity index (χ2n) is 5.67. The minimum absolute atomic E-state index is 0.0372. The Morgan fingerprint density at radius 3 is 2.17 bits per heavy atom. The van der Waals surface area contributed by atoms with Crippen LogP contribution in [0.25, 0.3) is 0 Å². The van der Waals surface area contributed by atoms with E-state index in [1.807, 2.05) is 34.6 Å². The van der Waals surface area contributed by atoms with E-state index in [2.05, 4.69) is 4.98 Å². The maximum atomic E-state index is 12.7. The third-order valence-electron chi connectivity index (χ3n) is 3.27. The van der Waals surface area contributed by atoms with Crippen molar-refractivity contribution in [3.8, 4) is 0 Å². The number of hydrogen-bond acceptors (Lipinski definition) is 3. The van der Waals surface area contributed by atoms with Crippen molar-refractivity contribution in [2.75, 3.05) is 0 Å². The Bertz CT molecular complexity index is 404. The van der Waals surface area contributed by atoms with Gasteiger partial charge in [-0.2, -0.15) is 13.2 Å². The van der Waals surface area contributed by atoms with Crippen LogP contribution in [-0.4, -0.2) is 10.6 Å². The third-order valence-corrected chi connectivity index (χ3v) is 4.19. The summed E-state index contributed by atoms with van der Waals surface area (Å²) in [5.41, 5.74) is 0.469. The fourth-order valence-electron chi connectivity index (χ4n) is 1.07. The summed E-state index contributed by atoms with van der Waals surface area (Å²) in [4.78, 5) is 3.07. The van der Waals surface area contributed by atoms with Crippen LogP contribution >= 0.6 is 11.3 Å². The lowest BCUT2D eigenvalue weighted by Gasteiger charge is -2.38. The van der Waals surface area contributed by atoms with Gasteiger partial charge in [-0.15, -0.1) is 11.3 Å². The molecule has 0 aliphatic carbocycles. The van der Waals surface area contributed by atoms with Crippen molar-refractivity contribution < 1.29 is 17.9 Å². The van der Waals surface area contributed by atoms with Gasteiger partial charge in [-0.3, -0.25) is 0 Å². The molecule has 0 fully saturated rings. The third kappa shape index (κ3) is 3.45. The van der Waals surface area contributed by atoms with Crippen LogP contribution in [0.15, 0.2) is 5.51 Å². The van der Waals surface area contributed by atoms with Crippen LogP contribution in [0.5, 0.6) is 0 Å². The standard InChI is InChI=1S/C12H18F3NOS/c1-10(2,3)11(4,5)17-6-8-9(12(13,14)15)18-7-16-8/h7H,6H2,1-5H3. The van der Waals surface area contributed by atoms with Crippen LogP contribution in [0.3, 0.4) is 0 Å². The van der Waals surface area contributed by atoms with Crippen LogP contribution in [0.1, 0.15) is 45.2 Å². The quantitative estimate of drug-likeness (QED) is 0.813. The molecule has 0 saturated heterocycles. The van der Waals surface area contributed by atoms with Gasteiger partial charge in [0, 0.05) is 0 Å². The first-order chi connectivity index (χ1) is 7.95. The van der Waals surface area contributed by atoms with Gasteiger partial charge in [0.25, 0.3) is 0 Å². The number of ether oxygens (including phenoxy) is 1. The molecule has 0 N–H and O–H groups in total. The van der Waals surface area contributed by atoms with Gasteiger partial charge >= 0.3 is 6.18 Å². The summed E-state index contributed by atoms with van der Waals surface area (Å²) in [6.45, 7) is 9.57. The number of aromatic nitrogens is 1. The van der Waals surface area contributed by atoms with Crippen LogP contribution in [0.2, 0.25) is 0 Å². The predicted molar refractivity (Wildman–Crippen MR) is 65.4 cm³/mol. The molecule has 0 unspecified atom stereocenters. The Hall–Kier alpha value is -0.620. The van der Waals surface area contributed by atoms with E-state index >= 15 is 0 Å². The number of thiazole rings is 1. The van der Waals surface area contributed by atoms with Gasteiger partial charge < -0.3 is 4.74 Å². The molecule has 0 bridgehead atoms. The molecule has 104 valence electrons. The highest BCUT2D eigenvalue weighted by molar-refractivity contribution is 7.09. The fraction of sp³-hybridized carbons (Fsp3) is 0.750. The lowest BCUT2D eigenvalue weighted by molar-refractivity contribution is -0.138. The molecule has 2 nitrogen and oxygen atoms in total. The first kappa shape index (κ1) is 15.4. The van der Waals surface area contributed by atoms with E-state index in [0.29, 0.717) is 11.3 Å². The Labute approximate surface area is 109 Å². The van der Waals surface area contributed by atoms with Gasteiger partial charge in [0.2, 0.25) is 0 Å². The van der Waals surface area contributed by atoms with E-state index in [9.17, 15) is 13.2 Å². The second kappa shape index (κ2) is 4.81. The molecule has 0 amide bonds. The zero-order valence-corrected chi connectivity index (χ0v) is 12.0. The highest BCUT2D eigenvalue weighted by Crippen LogP contribution is 2.37. The maximum Gasteiger partial charge on any atom is 0.427 e. The smallest absolute Gasteiger partial charge is 0.369 e. The van der Waals surface area contributed by atoms with Gasteiger partial charge in [0.1, 0.15) is 4.88 Å². The van der Waals surface area contributed by atoms with Crippen LogP contribution < -0.4 is 0 Å². The summed E-state index contributed by atoms with van der Waals surface area (Å²) in [6.07, 6.45) is -4.36. The predicted octanol–water partition coefficient (Wildman–Crippen LogP) is 4.50. The molecule has 1 aromatic rings. The Morgan fingerprint density at radius 1 is 1.17 bits per heavy atom. The topological polar surface area (TPSA) is 22.1 Å². The van der Waals surface area contributed by atoms with Crippen molar-refractivity contribution in [1.82, 2.24) is 4.98 Å². The van der Waals surface area contributed by atoms with E-state index in [1.54, 1.807) is 0 Å². The molecular weight excluding hydrogens is 263 g/mol. The minimum Gasteiger partial charge on any atom is -0.369 e. The lowest BCUT2D eigenvalue weighted by atomic mass is 9.79. The number of rotatable bonds is 3. The van der Waals surface area contributed by atoms with Crippen LogP contribution in [0.4, 0.5) is 13.2 Å². The highest BCUT2D eigenvalue weighted by atomic mass is 32.1. The molecule has 18 heavy (non-hydrogen) atoms. The Kier molecular flexibility index (Phi) is 4.13. The Morgan fingerprint density at radius 2 is 1.72 bits per heavy atom. The molecule has 0 spiro atoms. The largest absolute Gasteiger partial charge is 0.427 e. The SMILES string of the molecule is CC(C)(C)C(C)(C)OCc1ncsc1C(F)(F)F. The summed E-state index contributed by atoms with van der Waals surface area (Å²) in [6, 6.07) is 0. The molecule has 0 radical (unpaired) electrons. The van der Waals surface area contributed by atoms with Crippen molar-refractivity contribution >= 4 is 11.3 Å². The number of halogens is 3. The van der Waals surface area contributed by atoms with E-state index in [1.165, 1.54) is 5.51 Å². The zero-order chi connectivity index (χ0) is 14.2. The molecule has 0 aliphatic heterocycles. The van der Waals surface area contributed by atoms with Gasteiger partial charge in [0.05, 0.1) is 23.4 Å². The average molecular weight is 281 g/mol. The fourth-order valence-corrected chi connectivity index (χ4v) is 1.73. The molecule has 1 aromatic heterocycles. The van der Waals surface area contributed by atoms with E-state index < -0.39 is 16.7 Å². The number of nitrogens with zero attached hydrogens (tertiary/aromatic N) is 1. The second-order valence-corrected chi connectivity index (χ2v) is 6.53. The zero-order valence-electron chi connectivity index (χ0n) is 11.2. The normalized spacial score (nSPS) is 14.0. The van der Waals surface area contributed by atoms with Gasteiger partial charge in [-0.05, 0) is 19.3 Å². The molecule has 0 aliphatic rings. The molecule has 0 atom stereocenters. The highest BCUT2D eigenvalue weighted by Gasteiger charge is 2.38. The summed E-state index contributed by atoms with van der Waals surface area (Å²) < 4.78 is 43.6. The molecule has 1 rings (SSSR count). The first-order valence-corrected chi connectivity index (χ1v) is 6.46. The van der Waals surface area contributed by atoms with Crippen molar-refractivity contribution in [2.45, 2.75) is 53.0 Å². The van der Waals surface area contributed by atoms with Gasteiger partial charge in [-0.1, -0.05) is 20.8 Å². The molecule has 6 heteroatoms. The number of hydrogen-bond donors (Lipinski definition) is 0. The van der Waals surface area contributed by atoms with Crippen molar-refractivity contribution in [3.05, 3.63) is 16.1 Å². The van der Waals surface area contributed by atoms with E-state index in [4.69, 9.17) is 4.74 Å². The molecule has 0 aromatic carbocycles. The molecule has 0 saturated carbocycles. The summed E-state index contributed by atoms with van der Waals surface area (Å²) in [5.74, 6) is 0. The maximum absolute atomic E-state index is 12.7. The minimum atomic E-state index is -4.36. The van der Waals surface area contributed by atoms with E-state index in [0.717, 1.165) is 0 Å². The van der Waals surface area contributed by atoms with Crippen LogP contribution in [0, 0.1) is 5.41 Å². The molecular formula is C12H18F3NOS. The number of alkyl halides is 3. The van der Waals surface area contributed by atoms with Crippen molar-refractivity contribution in [3.63, 3.8) is 0 Å². The first-order valence-electron chi connectivity index (χ1n) is 5.58. The van der Waals surface area contributed by atoms with Gasteiger partial charge in [-0.25, -0.2) is 4.98 Å². The summed E-state index contributed by atoms with van der Waals surface area (Å²) in [5, 5.41) is 0. The summed E-state index contributed by atoms with van der Waals surface area (Å²) in [7, 11) is 0. The van der Waals surface area contributed by atoms with Crippen LogP contribution in [-0.2, 0) is 17.5 Å². The summed E-state index contributed by atoms with van der Waals surface area (Å²) >= 11 is 0.598. The Balaban J connectivity index is 2.80. The van der Waals surface area contributed by atoms with Crippen molar-refractivity contribution in [2.24, 2.45) is 5.41 Å². The van der Waals surface area contributed by atoms with E-state index in [-0.39, 0.29) is 17.7 Å². The average Bonchev–Trinajstić information content (AvgIpc) is 2.59.